The largest absolute Gasteiger partial charge is 0.452 e. The van der Waals surface area contributed by atoms with E-state index in [0.717, 1.165) is 4.40 Å². The molecule has 0 unspecified atom stereocenters. The maximum absolute atomic E-state index is 13.7. The van der Waals surface area contributed by atoms with Crippen LogP contribution >= 0.6 is 0 Å². The van der Waals surface area contributed by atoms with Gasteiger partial charge in [0, 0.05) is 16.6 Å². The molecule has 0 saturated carbocycles. The highest BCUT2D eigenvalue weighted by Gasteiger charge is 2.38. The van der Waals surface area contributed by atoms with E-state index in [9.17, 15) is 13.2 Å². The van der Waals surface area contributed by atoms with Crippen LogP contribution in [0.3, 0.4) is 0 Å². The highest BCUT2D eigenvalue weighted by atomic mass is 19.4. The maximum atomic E-state index is 13.7. The van der Waals surface area contributed by atoms with Gasteiger partial charge in [-0.1, -0.05) is 36.4 Å². The van der Waals surface area contributed by atoms with E-state index < -0.39 is 12.0 Å². The summed E-state index contributed by atoms with van der Waals surface area (Å²) >= 11 is 0. The standard InChI is InChI=1S/C21H14F3N7/c22-21(23,24)19-30-29-18-14(17-13-8-4-5-9-15(13)27-20(25)28-17)10-11-16(31(18)19)26-12-6-2-1-3-7-12/h1-11,26H,(H2,25,27,28). The average molecular weight is 421 g/mol. The first-order chi connectivity index (χ1) is 14.9. The zero-order chi connectivity index (χ0) is 21.6. The molecule has 0 spiro atoms. The number of nitrogens with two attached hydrogens (primary N) is 1. The van der Waals surface area contributed by atoms with E-state index in [1.165, 1.54) is 6.07 Å². The molecular formula is C21H14F3N7. The van der Waals surface area contributed by atoms with Crippen molar-refractivity contribution in [3.05, 3.63) is 72.6 Å². The Morgan fingerprint density at radius 2 is 1.58 bits per heavy atom. The molecule has 0 aliphatic heterocycles. The number of fused-ring (bicyclic) bond motifs is 2. The van der Waals surface area contributed by atoms with Gasteiger partial charge in [-0.3, -0.25) is 4.40 Å². The van der Waals surface area contributed by atoms with E-state index in [1.807, 2.05) is 6.07 Å². The molecule has 31 heavy (non-hydrogen) atoms. The first-order valence-electron chi connectivity index (χ1n) is 9.22. The lowest BCUT2D eigenvalue weighted by Gasteiger charge is -2.14. The first kappa shape index (κ1) is 18.8. The minimum absolute atomic E-state index is 0.00323. The molecule has 3 heterocycles. The van der Waals surface area contributed by atoms with Gasteiger partial charge in [0.1, 0.15) is 5.82 Å². The van der Waals surface area contributed by atoms with Crippen LogP contribution in [0.2, 0.25) is 0 Å². The average Bonchev–Trinajstić information content (AvgIpc) is 3.20. The van der Waals surface area contributed by atoms with E-state index in [-0.39, 0.29) is 17.4 Å². The molecule has 5 rings (SSSR count). The van der Waals surface area contributed by atoms with Crippen molar-refractivity contribution in [2.45, 2.75) is 6.18 Å². The van der Waals surface area contributed by atoms with E-state index >= 15 is 0 Å². The van der Waals surface area contributed by atoms with Crippen LogP contribution in [0.5, 0.6) is 0 Å². The molecule has 0 bridgehead atoms. The van der Waals surface area contributed by atoms with Gasteiger partial charge in [0.25, 0.3) is 0 Å². The third kappa shape index (κ3) is 3.27. The van der Waals surface area contributed by atoms with Crippen LogP contribution in [0, 0.1) is 0 Å². The lowest BCUT2D eigenvalue weighted by molar-refractivity contribution is -0.145. The molecule has 0 saturated heterocycles. The molecule has 5 aromatic rings. The van der Waals surface area contributed by atoms with Gasteiger partial charge in [-0.15, -0.1) is 10.2 Å². The summed E-state index contributed by atoms with van der Waals surface area (Å²) in [7, 11) is 0. The Bertz CT molecular complexity index is 1410. The Balaban J connectivity index is 1.79. The molecule has 154 valence electrons. The molecule has 7 nitrogen and oxygen atoms in total. The second-order valence-corrected chi connectivity index (χ2v) is 6.75. The van der Waals surface area contributed by atoms with Gasteiger partial charge in [0.15, 0.2) is 5.65 Å². The summed E-state index contributed by atoms with van der Waals surface area (Å²) < 4.78 is 42.1. The fraction of sp³-hybridized carbons (Fsp3) is 0.0476. The summed E-state index contributed by atoms with van der Waals surface area (Å²) in [5.41, 5.74) is 7.78. The van der Waals surface area contributed by atoms with Gasteiger partial charge in [-0.25, -0.2) is 9.97 Å². The number of para-hydroxylation sites is 2. The molecule has 2 aromatic carbocycles. The Morgan fingerprint density at radius 1 is 0.839 bits per heavy atom. The highest BCUT2D eigenvalue weighted by molar-refractivity contribution is 5.96. The predicted octanol–water partition coefficient (Wildman–Crippen LogP) is 4.68. The number of rotatable bonds is 3. The van der Waals surface area contributed by atoms with Crippen LogP contribution in [-0.2, 0) is 6.18 Å². The third-order valence-electron chi connectivity index (χ3n) is 4.73. The second kappa shape index (κ2) is 6.94. The van der Waals surface area contributed by atoms with Gasteiger partial charge in [0.05, 0.1) is 11.2 Å². The fourth-order valence-electron chi connectivity index (χ4n) is 3.43. The van der Waals surface area contributed by atoms with Gasteiger partial charge in [0.2, 0.25) is 11.8 Å². The number of benzene rings is 2. The van der Waals surface area contributed by atoms with Crippen LogP contribution in [0.25, 0.3) is 27.8 Å². The van der Waals surface area contributed by atoms with E-state index in [1.54, 1.807) is 54.6 Å². The normalized spacial score (nSPS) is 11.8. The number of anilines is 3. The minimum Gasteiger partial charge on any atom is -0.368 e. The zero-order valence-electron chi connectivity index (χ0n) is 15.8. The fourth-order valence-corrected chi connectivity index (χ4v) is 3.43. The van der Waals surface area contributed by atoms with Gasteiger partial charge < -0.3 is 11.1 Å². The van der Waals surface area contributed by atoms with Crippen LogP contribution in [0.4, 0.5) is 30.6 Å². The molecule has 0 fully saturated rings. The van der Waals surface area contributed by atoms with Crippen molar-refractivity contribution in [2.75, 3.05) is 11.1 Å². The molecule has 0 aliphatic carbocycles. The molecule has 0 aliphatic rings. The number of nitrogens with one attached hydrogen (secondary N) is 1. The molecule has 0 amide bonds. The Kier molecular flexibility index (Phi) is 4.21. The monoisotopic (exact) mass is 421 g/mol. The number of nitrogens with zero attached hydrogens (tertiary/aromatic N) is 5. The highest BCUT2D eigenvalue weighted by Crippen LogP contribution is 2.36. The summed E-state index contributed by atoms with van der Waals surface area (Å²) in [6.45, 7) is 0. The van der Waals surface area contributed by atoms with Crippen LogP contribution in [-0.4, -0.2) is 24.6 Å². The van der Waals surface area contributed by atoms with Crippen molar-refractivity contribution in [3.8, 4) is 11.3 Å². The smallest absolute Gasteiger partial charge is 0.368 e. The summed E-state index contributed by atoms with van der Waals surface area (Å²) in [5.74, 6) is -0.975. The summed E-state index contributed by atoms with van der Waals surface area (Å²) in [6.07, 6.45) is -4.71. The van der Waals surface area contributed by atoms with Crippen molar-refractivity contribution in [3.63, 3.8) is 0 Å². The summed E-state index contributed by atoms with van der Waals surface area (Å²) in [5, 5.41) is 10.9. The van der Waals surface area contributed by atoms with E-state index in [4.69, 9.17) is 5.73 Å². The van der Waals surface area contributed by atoms with Crippen molar-refractivity contribution >= 4 is 34.0 Å². The Labute approximate surface area is 173 Å². The number of nitrogen functional groups attached to an aromatic ring is 1. The maximum Gasteiger partial charge on any atom is 0.452 e. The van der Waals surface area contributed by atoms with Crippen molar-refractivity contribution in [1.29, 1.82) is 0 Å². The molecular weight excluding hydrogens is 407 g/mol. The zero-order valence-corrected chi connectivity index (χ0v) is 15.8. The summed E-state index contributed by atoms with van der Waals surface area (Å²) in [4.78, 5) is 8.48. The van der Waals surface area contributed by atoms with Crippen LogP contribution in [0.15, 0.2) is 66.7 Å². The van der Waals surface area contributed by atoms with E-state index in [0.29, 0.717) is 27.8 Å². The molecule has 3 aromatic heterocycles. The first-order valence-corrected chi connectivity index (χ1v) is 9.22. The van der Waals surface area contributed by atoms with Crippen molar-refractivity contribution in [1.82, 2.24) is 24.6 Å². The number of hydrogen-bond acceptors (Lipinski definition) is 6. The van der Waals surface area contributed by atoms with Gasteiger partial charge >= 0.3 is 6.18 Å². The Morgan fingerprint density at radius 3 is 2.35 bits per heavy atom. The minimum atomic E-state index is -4.71. The van der Waals surface area contributed by atoms with Gasteiger partial charge in [-0.05, 0) is 30.3 Å². The number of pyridine rings is 1. The second-order valence-electron chi connectivity index (χ2n) is 6.75. The number of aromatic nitrogens is 5. The summed E-state index contributed by atoms with van der Waals surface area (Å²) in [6, 6.07) is 19.1. The number of halogens is 3. The van der Waals surface area contributed by atoms with Crippen LogP contribution in [0.1, 0.15) is 5.82 Å². The topological polar surface area (TPSA) is 94.0 Å². The lowest BCUT2D eigenvalue weighted by Crippen LogP contribution is -2.13. The number of alkyl halides is 3. The Hall–Kier alpha value is -4.21. The van der Waals surface area contributed by atoms with Crippen molar-refractivity contribution < 1.29 is 13.2 Å². The van der Waals surface area contributed by atoms with Gasteiger partial charge in [-0.2, -0.15) is 13.2 Å². The molecule has 0 radical (unpaired) electrons. The molecule has 0 atom stereocenters. The van der Waals surface area contributed by atoms with Crippen LogP contribution < -0.4 is 11.1 Å². The molecule has 3 N–H and O–H groups in total. The SMILES string of the molecule is Nc1nc(-c2ccc(Nc3ccccc3)n3c(C(F)(F)F)nnc23)c2ccccc2n1. The molecule has 10 heteroatoms. The number of hydrogen-bond donors (Lipinski definition) is 2. The lowest BCUT2D eigenvalue weighted by atomic mass is 10.1. The predicted molar refractivity (Wildman–Crippen MR) is 111 cm³/mol. The van der Waals surface area contributed by atoms with Crippen molar-refractivity contribution in [2.24, 2.45) is 0 Å². The third-order valence-corrected chi connectivity index (χ3v) is 4.73. The quantitative estimate of drug-likeness (QED) is 0.439. The van der Waals surface area contributed by atoms with E-state index in [2.05, 4.69) is 25.5 Å².